The van der Waals surface area contributed by atoms with E-state index in [0.29, 0.717) is 47.9 Å². The molecule has 0 saturated carbocycles. The van der Waals surface area contributed by atoms with Crippen molar-refractivity contribution in [3.8, 4) is 11.6 Å². The van der Waals surface area contributed by atoms with Crippen molar-refractivity contribution >= 4 is 22.7 Å². The number of methoxy groups -OCH3 is 1. The van der Waals surface area contributed by atoms with Crippen LogP contribution in [-0.2, 0) is 12.1 Å². The SMILES string of the molecule is COc1ccc(Nc2ncc3c(=O)n4n(c3n2)-c2cccc(n2)[C@](C)(O)CC/C=C\C4)cc1. The highest BCUT2D eigenvalue weighted by molar-refractivity contribution is 5.77. The molecule has 3 aromatic heterocycles. The molecule has 0 unspecified atom stereocenters. The Morgan fingerprint density at radius 3 is 2.73 bits per heavy atom. The van der Waals surface area contributed by atoms with Gasteiger partial charge in [-0.2, -0.15) is 4.98 Å². The maximum absolute atomic E-state index is 13.2. The summed E-state index contributed by atoms with van der Waals surface area (Å²) in [5.74, 6) is 1.60. The van der Waals surface area contributed by atoms with Crippen LogP contribution in [0.2, 0.25) is 0 Å². The van der Waals surface area contributed by atoms with Crippen LogP contribution in [0.15, 0.2) is 65.6 Å². The normalized spacial score (nSPS) is 18.9. The number of pyridine rings is 1. The Morgan fingerprint density at radius 2 is 1.94 bits per heavy atom. The molecule has 0 spiro atoms. The van der Waals surface area contributed by atoms with E-state index >= 15 is 0 Å². The predicted octanol–water partition coefficient (Wildman–Crippen LogP) is 3.29. The van der Waals surface area contributed by atoms with Gasteiger partial charge in [-0.15, -0.1) is 0 Å². The molecular weight excluding hydrogens is 420 g/mol. The third-order valence-electron chi connectivity index (χ3n) is 5.77. The number of allylic oxidation sites excluding steroid dienone is 2. The van der Waals surface area contributed by atoms with E-state index in [2.05, 4.69) is 15.3 Å². The van der Waals surface area contributed by atoms with Gasteiger partial charge in [-0.05, 0) is 56.2 Å². The molecule has 168 valence electrons. The summed E-state index contributed by atoms with van der Waals surface area (Å²) in [6.07, 6.45) is 6.62. The molecule has 0 aliphatic carbocycles. The summed E-state index contributed by atoms with van der Waals surface area (Å²) < 4.78 is 8.47. The van der Waals surface area contributed by atoms with Gasteiger partial charge in [0.25, 0.3) is 5.56 Å². The Morgan fingerprint density at radius 1 is 1.12 bits per heavy atom. The zero-order valence-electron chi connectivity index (χ0n) is 18.4. The van der Waals surface area contributed by atoms with Crippen molar-refractivity contribution in [2.24, 2.45) is 0 Å². The van der Waals surface area contributed by atoms with Crippen molar-refractivity contribution in [2.45, 2.75) is 31.9 Å². The van der Waals surface area contributed by atoms with E-state index in [9.17, 15) is 9.90 Å². The second-order valence-electron chi connectivity index (χ2n) is 8.15. The van der Waals surface area contributed by atoms with Gasteiger partial charge >= 0.3 is 0 Å². The molecule has 0 radical (unpaired) electrons. The van der Waals surface area contributed by atoms with Crippen LogP contribution in [0.4, 0.5) is 11.6 Å². The van der Waals surface area contributed by atoms with Crippen molar-refractivity contribution in [3.05, 3.63) is 76.9 Å². The fourth-order valence-corrected chi connectivity index (χ4v) is 3.92. The average Bonchev–Trinajstić information content (AvgIpc) is 3.09. The molecule has 1 aromatic carbocycles. The van der Waals surface area contributed by atoms with Gasteiger partial charge in [0.15, 0.2) is 11.5 Å². The number of anilines is 2. The molecule has 0 fully saturated rings. The molecule has 1 aliphatic heterocycles. The molecule has 1 aliphatic rings. The third kappa shape index (κ3) is 3.87. The van der Waals surface area contributed by atoms with Crippen molar-refractivity contribution < 1.29 is 9.84 Å². The molecule has 1 atom stereocenters. The van der Waals surface area contributed by atoms with E-state index in [1.165, 1.54) is 6.20 Å². The summed E-state index contributed by atoms with van der Waals surface area (Å²) in [4.78, 5) is 26.9. The van der Waals surface area contributed by atoms with Crippen LogP contribution in [0.25, 0.3) is 16.9 Å². The summed E-state index contributed by atoms with van der Waals surface area (Å²) in [6.45, 7) is 2.11. The van der Waals surface area contributed by atoms with E-state index in [4.69, 9.17) is 9.72 Å². The van der Waals surface area contributed by atoms with Crippen molar-refractivity contribution in [1.29, 1.82) is 0 Å². The quantitative estimate of drug-likeness (QED) is 0.467. The zero-order chi connectivity index (χ0) is 23.0. The molecule has 9 heteroatoms. The smallest absolute Gasteiger partial charge is 0.278 e. The lowest BCUT2D eigenvalue weighted by molar-refractivity contribution is 0.0443. The van der Waals surface area contributed by atoms with Crippen molar-refractivity contribution in [2.75, 3.05) is 12.4 Å². The first kappa shape index (κ1) is 20.9. The maximum Gasteiger partial charge on any atom is 0.278 e. The highest BCUT2D eigenvalue weighted by atomic mass is 16.5. The molecule has 5 rings (SSSR count). The van der Waals surface area contributed by atoms with Gasteiger partial charge < -0.3 is 15.2 Å². The fourth-order valence-electron chi connectivity index (χ4n) is 3.92. The minimum atomic E-state index is -1.09. The monoisotopic (exact) mass is 444 g/mol. The first-order chi connectivity index (χ1) is 16.0. The molecule has 2 N–H and O–H groups in total. The van der Waals surface area contributed by atoms with E-state index in [-0.39, 0.29) is 5.56 Å². The van der Waals surface area contributed by atoms with Crippen LogP contribution in [-0.4, -0.2) is 36.5 Å². The van der Waals surface area contributed by atoms with E-state index < -0.39 is 5.60 Å². The van der Waals surface area contributed by atoms with Gasteiger partial charge in [0.1, 0.15) is 16.7 Å². The lowest BCUT2D eigenvalue weighted by Gasteiger charge is -2.22. The summed E-state index contributed by atoms with van der Waals surface area (Å²) in [7, 11) is 1.61. The minimum absolute atomic E-state index is 0.205. The lowest BCUT2D eigenvalue weighted by Crippen LogP contribution is -2.24. The zero-order valence-corrected chi connectivity index (χ0v) is 18.4. The van der Waals surface area contributed by atoms with Gasteiger partial charge in [0, 0.05) is 11.9 Å². The van der Waals surface area contributed by atoms with Crippen LogP contribution in [0, 0.1) is 0 Å². The van der Waals surface area contributed by atoms with Crippen molar-refractivity contribution in [1.82, 2.24) is 24.3 Å². The van der Waals surface area contributed by atoms with Crippen molar-refractivity contribution in [3.63, 3.8) is 0 Å². The third-order valence-corrected chi connectivity index (χ3v) is 5.77. The van der Waals surface area contributed by atoms with E-state index in [1.807, 2.05) is 42.5 Å². The predicted molar refractivity (Wildman–Crippen MR) is 125 cm³/mol. The van der Waals surface area contributed by atoms with Crippen LogP contribution in [0.1, 0.15) is 25.5 Å². The van der Waals surface area contributed by atoms with Gasteiger partial charge in [0.2, 0.25) is 5.95 Å². The average molecular weight is 444 g/mol. The second-order valence-corrected chi connectivity index (χ2v) is 8.15. The van der Waals surface area contributed by atoms with Gasteiger partial charge in [-0.3, -0.25) is 4.79 Å². The molecule has 33 heavy (non-hydrogen) atoms. The Balaban J connectivity index is 1.66. The molecule has 4 aromatic rings. The number of aromatic nitrogens is 5. The van der Waals surface area contributed by atoms with Crippen LogP contribution in [0.5, 0.6) is 5.75 Å². The molecule has 0 amide bonds. The summed E-state index contributed by atoms with van der Waals surface area (Å²) >= 11 is 0. The lowest BCUT2D eigenvalue weighted by atomic mass is 9.95. The Hall–Kier alpha value is -3.98. The van der Waals surface area contributed by atoms with Gasteiger partial charge in [-0.1, -0.05) is 18.2 Å². The summed E-state index contributed by atoms with van der Waals surface area (Å²) in [5, 5.41) is 14.5. The number of aliphatic hydroxyl groups is 1. The summed E-state index contributed by atoms with van der Waals surface area (Å²) in [6, 6.07) is 12.8. The largest absolute Gasteiger partial charge is 0.497 e. The number of nitrogens with zero attached hydrogens (tertiary/aromatic N) is 5. The molecule has 0 saturated heterocycles. The van der Waals surface area contributed by atoms with Gasteiger partial charge in [0.05, 0.1) is 19.3 Å². The highest BCUT2D eigenvalue weighted by Gasteiger charge is 2.26. The number of benzene rings is 1. The fraction of sp³-hybridized carbons (Fsp3) is 0.250. The number of hydrogen-bond donors (Lipinski definition) is 2. The van der Waals surface area contributed by atoms with Crippen LogP contribution in [0.3, 0.4) is 0 Å². The maximum atomic E-state index is 13.2. The second kappa shape index (κ2) is 8.18. The topological polar surface area (TPSA) is 107 Å². The van der Waals surface area contributed by atoms with Crippen LogP contribution >= 0.6 is 0 Å². The Kier molecular flexibility index (Phi) is 5.18. The number of nitrogens with one attached hydrogen (secondary N) is 1. The standard InChI is InChI=1S/C24H24N6O3/c1-24(32)13-4-3-5-14-29-22(31)18-15-25-23(26-16-9-11-17(33-2)12-10-16)28-21(18)30(29)20-8-6-7-19(24)27-20/h3,5-12,15,32H,4,13-14H2,1-2H3,(H,25,26,28)/b5-3-/t24-/m1/s1. The number of hydrogen-bond acceptors (Lipinski definition) is 7. The molecule has 2 bridgehead atoms. The van der Waals surface area contributed by atoms with E-state index in [1.54, 1.807) is 35.5 Å². The first-order valence-corrected chi connectivity index (χ1v) is 10.7. The number of fused-ring (bicyclic) bond motifs is 6. The summed E-state index contributed by atoms with van der Waals surface area (Å²) in [5.41, 5.74) is 0.469. The molecule has 4 heterocycles. The number of rotatable bonds is 3. The first-order valence-electron chi connectivity index (χ1n) is 10.7. The Labute approximate surface area is 190 Å². The minimum Gasteiger partial charge on any atom is -0.497 e. The molecular formula is C24H24N6O3. The Bertz CT molecular complexity index is 1400. The number of ether oxygens (including phenoxy) is 1. The highest BCUT2D eigenvalue weighted by Crippen LogP contribution is 2.27. The van der Waals surface area contributed by atoms with Gasteiger partial charge in [-0.25, -0.2) is 19.3 Å². The van der Waals surface area contributed by atoms with Crippen LogP contribution < -0.4 is 15.6 Å². The van der Waals surface area contributed by atoms with E-state index in [0.717, 1.165) is 11.4 Å². The molecule has 9 nitrogen and oxygen atoms in total.